The lowest BCUT2D eigenvalue weighted by molar-refractivity contribution is 0.0718. The van der Waals surface area contributed by atoms with Gasteiger partial charge in [-0.15, -0.1) is 0 Å². The molecule has 4 rings (SSSR count). The Kier molecular flexibility index (Phi) is 5.69. The summed E-state index contributed by atoms with van der Waals surface area (Å²) in [6, 6.07) is 5.18. The van der Waals surface area contributed by atoms with Gasteiger partial charge in [-0.1, -0.05) is 30.5 Å². The highest BCUT2D eigenvalue weighted by Crippen LogP contribution is 2.28. The van der Waals surface area contributed by atoms with Crippen molar-refractivity contribution in [1.29, 1.82) is 0 Å². The van der Waals surface area contributed by atoms with E-state index in [0.717, 1.165) is 24.8 Å². The summed E-state index contributed by atoms with van der Waals surface area (Å²) < 4.78 is 7.01. The zero-order valence-electron chi connectivity index (χ0n) is 16.1. The Morgan fingerprint density at radius 3 is 2.86 bits per heavy atom. The number of fused-ring (bicyclic) bond motifs is 1. The Morgan fingerprint density at radius 2 is 2.14 bits per heavy atom. The van der Waals surface area contributed by atoms with Crippen LogP contribution < -0.4 is 10.1 Å². The Morgan fingerprint density at radius 1 is 1.31 bits per heavy atom. The predicted octanol–water partition coefficient (Wildman–Crippen LogP) is 3.17. The van der Waals surface area contributed by atoms with Gasteiger partial charge in [0.1, 0.15) is 5.52 Å². The number of aliphatic hydroxyl groups excluding tert-OH is 1. The summed E-state index contributed by atoms with van der Waals surface area (Å²) in [5.74, 6) is 0.291. The van der Waals surface area contributed by atoms with Gasteiger partial charge in [0.15, 0.2) is 0 Å². The molecular formula is C21H23ClN4O3. The van der Waals surface area contributed by atoms with Crippen molar-refractivity contribution >= 4 is 28.5 Å². The molecule has 3 aromatic heterocycles. The Hall–Kier alpha value is -2.64. The van der Waals surface area contributed by atoms with Gasteiger partial charge in [0.2, 0.25) is 5.88 Å². The first-order valence-corrected chi connectivity index (χ1v) is 10.1. The molecule has 1 amide bonds. The number of hydrogen-bond donors (Lipinski definition) is 2. The molecule has 1 fully saturated rings. The van der Waals surface area contributed by atoms with Gasteiger partial charge in [0, 0.05) is 31.2 Å². The smallest absolute Gasteiger partial charge is 0.255 e. The molecule has 1 aliphatic rings. The number of nitrogens with one attached hydrogen (secondary N) is 1. The molecule has 0 saturated heterocycles. The van der Waals surface area contributed by atoms with Crippen molar-refractivity contribution in [3.8, 4) is 5.88 Å². The highest BCUT2D eigenvalue weighted by Gasteiger charge is 2.27. The van der Waals surface area contributed by atoms with Crippen molar-refractivity contribution < 1.29 is 14.6 Å². The van der Waals surface area contributed by atoms with Gasteiger partial charge >= 0.3 is 0 Å². The molecule has 1 saturated carbocycles. The molecule has 8 heteroatoms. The summed E-state index contributed by atoms with van der Waals surface area (Å²) in [5, 5.41) is 13.7. The number of hydrogen-bond acceptors (Lipinski definition) is 5. The number of nitrogens with zero attached hydrogens (tertiary/aromatic N) is 3. The normalized spacial score (nSPS) is 19.3. The van der Waals surface area contributed by atoms with Crippen LogP contribution in [0.2, 0.25) is 5.02 Å². The maximum atomic E-state index is 13.0. The molecular weight excluding hydrogens is 392 g/mol. The van der Waals surface area contributed by atoms with Crippen LogP contribution >= 0.6 is 11.6 Å². The number of pyridine rings is 2. The van der Waals surface area contributed by atoms with Crippen molar-refractivity contribution in [3.63, 3.8) is 0 Å². The lowest BCUT2D eigenvalue weighted by Gasteiger charge is -2.28. The predicted molar refractivity (Wildman–Crippen MR) is 110 cm³/mol. The highest BCUT2D eigenvalue weighted by atomic mass is 35.5. The fourth-order valence-corrected chi connectivity index (χ4v) is 4.08. The highest BCUT2D eigenvalue weighted by molar-refractivity contribution is 6.35. The second kappa shape index (κ2) is 8.39. The molecule has 2 atom stereocenters. The van der Waals surface area contributed by atoms with E-state index >= 15 is 0 Å². The number of carbonyl (C=O) groups excluding carboxylic acids is 1. The maximum Gasteiger partial charge on any atom is 0.255 e. The van der Waals surface area contributed by atoms with E-state index in [1.807, 2.05) is 10.6 Å². The summed E-state index contributed by atoms with van der Waals surface area (Å²) in [5.41, 5.74) is 2.63. The zero-order valence-corrected chi connectivity index (χ0v) is 16.9. The van der Waals surface area contributed by atoms with Gasteiger partial charge in [0.25, 0.3) is 5.91 Å². The van der Waals surface area contributed by atoms with E-state index in [0.29, 0.717) is 40.5 Å². The van der Waals surface area contributed by atoms with Gasteiger partial charge < -0.3 is 19.7 Å². The molecule has 0 aliphatic heterocycles. The van der Waals surface area contributed by atoms with E-state index in [2.05, 4.69) is 15.3 Å². The number of amides is 1. The van der Waals surface area contributed by atoms with Gasteiger partial charge in [-0.2, -0.15) is 0 Å². The van der Waals surface area contributed by atoms with Crippen molar-refractivity contribution in [2.75, 3.05) is 7.11 Å². The number of aliphatic hydroxyl groups is 1. The third-order valence-corrected chi connectivity index (χ3v) is 5.66. The van der Waals surface area contributed by atoms with Crippen LogP contribution in [0.1, 0.15) is 41.6 Å². The average molecular weight is 415 g/mol. The Bertz CT molecular complexity index is 1020. The summed E-state index contributed by atoms with van der Waals surface area (Å²) in [4.78, 5) is 21.6. The molecule has 29 heavy (non-hydrogen) atoms. The van der Waals surface area contributed by atoms with Crippen molar-refractivity contribution in [1.82, 2.24) is 19.9 Å². The second-order valence-electron chi connectivity index (χ2n) is 7.30. The first-order valence-electron chi connectivity index (χ1n) is 9.68. The molecule has 0 bridgehead atoms. The van der Waals surface area contributed by atoms with Crippen LogP contribution in [0.25, 0.3) is 11.0 Å². The fourth-order valence-electron chi connectivity index (χ4n) is 3.82. The van der Waals surface area contributed by atoms with E-state index in [1.54, 1.807) is 37.8 Å². The summed E-state index contributed by atoms with van der Waals surface area (Å²) in [6.45, 7) is 0.484. The van der Waals surface area contributed by atoms with Gasteiger partial charge in [-0.05, 0) is 24.5 Å². The summed E-state index contributed by atoms with van der Waals surface area (Å²) in [6.07, 6.45) is 8.04. The van der Waals surface area contributed by atoms with E-state index < -0.39 is 6.10 Å². The standard InChI is InChI=1S/C21H23ClN4O3/c1-29-18-7-6-13(10-24-18)11-26-12-14(19-20(26)15(22)8-9-23-19)21(28)25-16-4-2-3-5-17(16)27/h6-10,12,16-17,27H,2-5,11H2,1H3,(H,25,28)/t16-,17-/m0/s1. The summed E-state index contributed by atoms with van der Waals surface area (Å²) in [7, 11) is 1.57. The average Bonchev–Trinajstić information content (AvgIpc) is 3.10. The van der Waals surface area contributed by atoms with Crippen LogP contribution in [0.5, 0.6) is 5.88 Å². The molecule has 0 spiro atoms. The number of halogens is 1. The van der Waals surface area contributed by atoms with E-state index in [4.69, 9.17) is 16.3 Å². The van der Waals surface area contributed by atoms with E-state index in [9.17, 15) is 9.90 Å². The first kappa shape index (κ1) is 19.7. The molecule has 3 heterocycles. The number of ether oxygens (including phenoxy) is 1. The van der Waals surface area contributed by atoms with Gasteiger partial charge in [-0.25, -0.2) is 4.98 Å². The van der Waals surface area contributed by atoms with Crippen LogP contribution in [0.4, 0.5) is 0 Å². The van der Waals surface area contributed by atoms with Crippen LogP contribution in [0.15, 0.2) is 36.8 Å². The number of aromatic nitrogens is 3. The molecule has 1 aliphatic carbocycles. The lowest BCUT2D eigenvalue weighted by atomic mass is 9.92. The molecule has 0 unspecified atom stereocenters. The van der Waals surface area contributed by atoms with Crippen LogP contribution in [0, 0.1) is 0 Å². The molecule has 7 nitrogen and oxygen atoms in total. The minimum Gasteiger partial charge on any atom is -0.481 e. The van der Waals surface area contributed by atoms with Crippen LogP contribution in [-0.4, -0.2) is 44.8 Å². The first-order chi connectivity index (χ1) is 14.1. The molecule has 0 radical (unpaired) electrons. The van der Waals surface area contributed by atoms with Crippen molar-refractivity contribution in [3.05, 3.63) is 52.9 Å². The SMILES string of the molecule is COc1ccc(Cn2cc(C(=O)N[C@H]3CCCC[C@@H]3O)c3nccc(Cl)c32)cn1. The molecule has 152 valence electrons. The molecule has 0 aromatic carbocycles. The summed E-state index contributed by atoms with van der Waals surface area (Å²) >= 11 is 6.44. The van der Waals surface area contributed by atoms with Crippen molar-refractivity contribution in [2.45, 2.75) is 44.4 Å². The quantitative estimate of drug-likeness (QED) is 0.669. The number of carbonyl (C=O) groups is 1. The third-order valence-electron chi connectivity index (χ3n) is 5.35. The second-order valence-corrected chi connectivity index (χ2v) is 7.71. The Balaban J connectivity index is 1.66. The minimum atomic E-state index is -0.511. The van der Waals surface area contributed by atoms with E-state index in [-0.39, 0.29) is 11.9 Å². The number of rotatable bonds is 5. The molecule has 2 N–H and O–H groups in total. The molecule has 3 aromatic rings. The zero-order chi connectivity index (χ0) is 20.4. The minimum absolute atomic E-state index is 0.236. The van der Waals surface area contributed by atoms with Gasteiger partial charge in [0.05, 0.1) is 35.4 Å². The fraction of sp³-hybridized carbons (Fsp3) is 0.381. The van der Waals surface area contributed by atoms with Crippen LogP contribution in [-0.2, 0) is 6.54 Å². The van der Waals surface area contributed by atoms with E-state index in [1.165, 1.54) is 0 Å². The largest absolute Gasteiger partial charge is 0.481 e. The van der Waals surface area contributed by atoms with Crippen LogP contribution in [0.3, 0.4) is 0 Å². The third kappa shape index (κ3) is 4.06. The monoisotopic (exact) mass is 414 g/mol. The lowest BCUT2D eigenvalue weighted by Crippen LogP contribution is -2.45. The maximum absolute atomic E-state index is 13.0. The Labute approximate surface area is 173 Å². The van der Waals surface area contributed by atoms with Gasteiger partial charge in [-0.3, -0.25) is 9.78 Å². The van der Waals surface area contributed by atoms with Crippen molar-refractivity contribution in [2.24, 2.45) is 0 Å². The number of methoxy groups -OCH3 is 1. The topological polar surface area (TPSA) is 89.3 Å².